The number of rotatable bonds is 8. The topological polar surface area (TPSA) is 85.3 Å². The molecule has 1 amide bonds. The number of hydrogen-bond donors (Lipinski definition) is 1. The SMILES string of the molecule is COCCCN1C(=O)C(=O)/C(=C(\O)c2ccc3c(c2)CC(C)O3)C1c1ccc(OC(C)C)cc1. The number of likely N-dealkylation sites (tertiary alicyclic amines) is 1. The first-order valence-corrected chi connectivity index (χ1v) is 11.6. The number of aliphatic hydroxyl groups excluding tert-OH is 1. The second-order valence-corrected chi connectivity index (χ2v) is 9.03. The molecule has 2 atom stereocenters. The minimum atomic E-state index is -0.701. The third-order valence-electron chi connectivity index (χ3n) is 6.02. The summed E-state index contributed by atoms with van der Waals surface area (Å²) in [4.78, 5) is 27.7. The predicted octanol–water partition coefficient (Wildman–Crippen LogP) is 4.26. The molecule has 0 radical (unpaired) electrons. The summed E-state index contributed by atoms with van der Waals surface area (Å²) < 4.78 is 16.6. The van der Waals surface area contributed by atoms with E-state index in [4.69, 9.17) is 14.2 Å². The Morgan fingerprint density at radius 3 is 2.59 bits per heavy atom. The fourth-order valence-electron chi connectivity index (χ4n) is 4.56. The Labute approximate surface area is 199 Å². The molecule has 4 rings (SSSR count). The summed E-state index contributed by atoms with van der Waals surface area (Å²) in [5.41, 5.74) is 2.29. The van der Waals surface area contributed by atoms with Gasteiger partial charge in [0.1, 0.15) is 23.4 Å². The monoisotopic (exact) mass is 465 g/mol. The molecule has 0 spiro atoms. The Morgan fingerprint density at radius 1 is 1.18 bits per heavy atom. The van der Waals surface area contributed by atoms with Crippen LogP contribution in [-0.4, -0.2) is 54.2 Å². The fourth-order valence-corrected chi connectivity index (χ4v) is 4.56. The quantitative estimate of drug-likeness (QED) is 0.271. The first kappa shape index (κ1) is 23.8. The Kier molecular flexibility index (Phi) is 6.93. The molecule has 0 aromatic heterocycles. The molecule has 1 N–H and O–H groups in total. The van der Waals surface area contributed by atoms with Crippen molar-refractivity contribution in [1.82, 2.24) is 4.90 Å². The van der Waals surface area contributed by atoms with Crippen LogP contribution in [0.4, 0.5) is 0 Å². The normalized spacial score (nSPS) is 21.1. The minimum Gasteiger partial charge on any atom is -0.507 e. The van der Waals surface area contributed by atoms with Crippen LogP contribution >= 0.6 is 0 Å². The number of methoxy groups -OCH3 is 1. The average molecular weight is 466 g/mol. The summed E-state index contributed by atoms with van der Waals surface area (Å²) in [6.45, 7) is 6.67. The van der Waals surface area contributed by atoms with E-state index in [2.05, 4.69) is 0 Å². The van der Waals surface area contributed by atoms with Gasteiger partial charge in [0.25, 0.3) is 11.7 Å². The Bertz CT molecular complexity index is 1100. The number of aliphatic hydroxyl groups is 1. The zero-order chi connectivity index (χ0) is 24.4. The van der Waals surface area contributed by atoms with Crippen LogP contribution in [0, 0.1) is 0 Å². The smallest absolute Gasteiger partial charge is 0.295 e. The van der Waals surface area contributed by atoms with Crippen molar-refractivity contribution in [3.63, 3.8) is 0 Å². The summed E-state index contributed by atoms with van der Waals surface area (Å²) in [6, 6.07) is 12.0. The number of hydrogen-bond acceptors (Lipinski definition) is 6. The van der Waals surface area contributed by atoms with E-state index in [0.29, 0.717) is 30.9 Å². The molecule has 2 aliphatic rings. The van der Waals surface area contributed by atoms with Gasteiger partial charge in [0.2, 0.25) is 0 Å². The van der Waals surface area contributed by atoms with Crippen LogP contribution in [0.3, 0.4) is 0 Å². The number of benzene rings is 2. The number of fused-ring (bicyclic) bond motifs is 1. The van der Waals surface area contributed by atoms with Crippen LogP contribution < -0.4 is 9.47 Å². The van der Waals surface area contributed by atoms with E-state index < -0.39 is 17.7 Å². The molecule has 0 bridgehead atoms. The number of amides is 1. The molecular weight excluding hydrogens is 434 g/mol. The summed E-state index contributed by atoms with van der Waals surface area (Å²) in [6.07, 6.45) is 1.38. The van der Waals surface area contributed by atoms with Crippen molar-refractivity contribution in [3.05, 3.63) is 64.7 Å². The fraction of sp³-hybridized carbons (Fsp3) is 0.407. The van der Waals surface area contributed by atoms with Crippen LogP contribution in [0.15, 0.2) is 48.0 Å². The maximum absolute atomic E-state index is 13.2. The van der Waals surface area contributed by atoms with Gasteiger partial charge in [-0.2, -0.15) is 0 Å². The van der Waals surface area contributed by atoms with Crippen LogP contribution in [0.25, 0.3) is 5.76 Å². The van der Waals surface area contributed by atoms with Crippen molar-refractivity contribution in [2.75, 3.05) is 20.3 Å². The van der Waals surface area contributed by atoms with E-state index in [-0.39, 0.29) is 23.5 Å². The van der Waals surface area contributed by atoms with E-state index in [9.17, 15) is 14.7 Å². The number of carbonyl (C=O) groups is 2. The van der Waals surface area contributed by atoms with Crippen LogP contribution in [0.2, 0.25) is 0 Å². The molecule has 34 heavy (non-hydrogen) atoms. The van der Waals surface area contributed by atoms with Gasteiger partial charge in [-0.05, 0) is 68.7 Å². The van der Waals surface area contributed by atoms with Gasteiger partial charge in [0.15, 0.2) is 0 Å². The Morgan fingerprint density at radius 2 is 1.91 bits per heavy atom. The van der Waals surface area contributed by atoms with Crippen molar-refractivity contribution < 1.29 is 28.9 Å². The van der Waals surface area contributed by atoms with Gasteiger partial charge in [0.05, 0.1) is 17.7 Å². The van der Waals surface area contributed by atoms with E-state index in [0.717, 1.165) is 23.3 Å². The van der Waals surface area contributed by atoms with Gasteiger partial charge in [-0.25, -0.2) is 0 Å². The number of ether oxygens (including phenoxy) is 3. The van der Waals surface area contributed by atoms with Gasteiger partial charge < -0.3 is 24.2 Å². The molecule has 0 aliphatic carbocycles. The van der Waals surface area contributed by atoms with E-state index in [1.807, 2.05) is 51.1 Å². The zero-order valence-corrected chi connectivity index (χ0v) is 20.0. The van der Waals surface area contributed by atoms with Crippen molar-refractivity contribution in [1.29, 1.82) is 0 Å². The van der Waals surface area contributed by atoms with Gasteiger partial charge in [-0.15, -0.1) is 0 Å². The maximum atomic E-state index is 13.2. The lowest BCUT2D eigenvalue weighted by Crippen LogP contribution is -2.31. The van der Waals surface area contributed by atoms with Gasteiger partial charge >= 0.3 is 0 Å². The molecule has 7 nitrogen and oxygen atoms in total. The molecule has 2 unspecified atom stereocenters. The Balaban J connectivity index is 1.76. The molecule has 2 aromatic carbocycles. The van der Waals surface area contributed by atoms with E-state index in [1.54, 1.807) is 19.2 Å². The molecule has 2 heterocycles. The number of nitrogens with zero attached hydrogens (tertiary/aromatic N) is 1. The lowest BCUT2D eigenvalue weighted by atomic mass is 9.94. The van der Waals surface area contributed by atoms with Gasteiger partial charge in [-0.3, -0.25) is 9.59 Å². The molecule has 2 aromatic rings. The number of carbonyl (C=O) groups excluding carboxylic acids is 2. The molecule has 180 valence electrons. The van der Waals surface area contributed by atoms with Gasteiger partial charge in [0, 0.05) is 32.2 Å². The highest BCUT2D eigenvalue weighted by atomic mass is 16.5. The van der Waals surface area contributed by atoms with Crippen LogP contribution in [0.5, 0.6) is 11.5 Å². The molecule has 2 aliphatic heterocycles. The van der Waals surface area contributed by atoms with Crippen molar-refractivity contribution in [2.24, 2.45) is 0 Å². The second-order valence-electron chi connectivity index (χ2n) is 9.03. The van der Waals surface area contributed by atoms with Gasteiger partial charge in [-0.1, -0.05) is 12.1 Å². The number of Topliss-reactive ketones (excluding diaryl/α,β-unsaturated/α-hetero) is 1. The lowest BCUT2D eigenvalue weighted by Gasteiger charge is -2.25. The van der Waals surface area contributed by atoms with Crippen molar-refractivity contribution in [3.8, 4) is 11.5 Å². The highest BCUT2D eigenvalue weighted by molar-refractivity contribution is 6.46. The summed E-state index contributed by atoms with van der Waals surface area (Å²) in [7, 11) is 1.59. The first-order valence-electron chi connectivity index (χ1n) is 11.6. The lowest BCUT2D eigenvalue weighted by molar-refractivity contribution is -0.140. The maximum Gasteiger partial charge on any atom is 0.295 e. The predicted molar refractivity (Wildman–Crippen MR) is 128 cm³/mol. The van der Waals surface area contributed by atoms with E-state index in [1.165, 1.54) is 4.90 Å². The standard InChI is InChI=1S/C27H31NO6/c1-16(2)33-21-9-6-18(7-10-21)24-23(26(30)27(31)28(24)12-5-13-32-4)25(29)19-8-11-22-20(15-19)14-17(3)34-22/h6-11,15-17,24,29H,5,12-14H2,1-4H3/b25-23-. The number of ketones is 1. The minimum absolute atomic E-state index is 0.0250. The molecule has 1 saturated heterocycles. The van der Waals surface area contributed by atoms with Crippen molar-refractivity contribution >= 4 is 17.4 Å². The molecule has 0 saturated carbocycles. The second kappa shape index (κ2) is 9.89. The van der Waals surface area contributed by atoms with Crippen LogP contribution in [-0.2, 0) is 20.7 Å². The highest BCUT2D eigenvalue weighted by Gasteiger charge is 2.45. The molecule has 1 fully saturated rings. The summed E-state index contributed by atoms with van der Waals surface area (Å²) in [5.74, 6) is -0.0116. The highest BCUT2D eigenvalue weighted by Crippen LogP contribution is 2.41. The first-order chi connectivity index (χ1) is 16.3. The zero-order valence-electron chi connectivity index (χ0n) is 20.0. The third kappa shape index (κ3) is 4.66. The largest absolute Gasteiger partial charge is 0.507 e. The molecular formula is C27H31NO6. The average Bonchev–Trinajstić information content (AvgIpc) is 3.30. The van der Waals surface area contributed by atoms with Crippen LogP contribution in [0.1, 0.15) is 49.9 Å². The Hall–Kier alpha value is -3.32. The summed E-state index contributed by atoms with van der Waals surface area (Å²) >= 11 is 0. The van der Waals surface area contributed by atoms with E-state index >= 15 is 0 Å². The van der Waals surface area contributed by atoms with Crippen molar-refractivity contribution in [2.45, 2.75) is 51.9 Å². The third-order valence-corrected chi connectivity index (χ3v) is 6.02. The summed E-state index contributed by atoms with van der Waals surface area (Å²) in [5, 5.41) is 11.3. The molecule has 7 heteroatoms.